The third-order valence-electron chi connectivity index (χ3n) is 7.94. The summed E-state index contributed by atoms with van der Waals surface area (Å²) in [5.41, 5.74) is -1.09. The predicted molar refractivity (Wildman–Crippen MR) is 87.1 cm³/mol. The van der Waals surface area contributed by atoms with E-state index in [0.29, 0.717) is 6.42 Å². The molecule has 25 heavy (non-hydrogen) atoms. The Morgan fingerprint density at radius 2 is 1.80 bits per heavy atom. The Morgan fingerprint density at radius 3 is 2.44 bits per heavy atom. The number of aliphatic hydroxyl groups is 3. The van der Waals surface area contributed by atoms with Crippen molar-refractivity contribution in [3.8, 4) is 0 Å². The summed E-state index contributed by atoms with van der Waals surface area (Å²) in [5, 5.41) is 33.0. The Kier molecular flexibility index (Phi) is 3.39. The number of carbonyl (C=O) groups excluding carboxylic acids is 2. The third kappa shape index (κ3) is 1.76. The maximum absolute atomic E-state index is 12.5. The highest BCUT2D eigenvalue weighted by atomic mass is 16.6. The molecule has 1 heterocycles. The first-order chi connectivity index (χ1) is 11.6. The van der Waals surface area contributed by atoms with Gasteiger partial charge in [0.05, 0.1) is 18.1 Å². The van der Waals surface area contributed by atoms with Gasteiger partial charge in [0.25, 0.3) is 0 Å². The standard InChI is InChI=1S/C19H26O6/c1-7-5-10(20)16(23)18(3)9(7)6-11(21)19(4)12-8(2)14(25-17(12)24)13(22)15(18)19/h5,8-9,11-16,21-23H,6H2,1-4H3/t8-,9+,11-,12-,13+,14-,15-,16-,18+,19+/m0/s1. The number of hydrogen-bond acceptors (Lipinski definition) is 6. The highest BCUT2D eigenvalue weighted by Crippen LogP contribution is 2.67. The summed E-state index contributed by atoms with van der Waals surface area (Å²) < 4.78 is 5.45. The van der Waals surface area contributed by atoms with Crippen LogP contribution in [0.4, 0.5) is 0 Å². The molecule has 2 bridgehead atoms. The van der Waals surface area contributed by atoms with Gasteiger partial charge < -0.3 is 20.1 Å². The van der Waals surface area contributed by atoms with E-state index >= 15 is 0 Å². The minimum Gasteiger partial charge on any atom is -0.459 e. The number of aliphatic hydroxyl groups excluding tert-OH is 3. The van der Waals surface area contributed by atoms with Crippen LogP contribution in [0.3, 0.4) is 0 Å². The van der Waals surface area contributed by atoms with Crippen molar-refractivity contribution in [1.82, 2.24) is 0 Å². The lowest BCUT2D eigenvalue weighted by Crippen LogP contribution is -2.71. The summed E-state index contributed by atoms with van der Waals surface area (Å²) in [6.45, 7) is 7.31. The maximum Gasteiger partial charge on any atom is 0.310 e. The first kappa shape index (κ1) is 17.2. The molecule has 0 aromatic heterocycles. The van der Waals surface area contributed by atoms with Crippen molar-refractivity contribution in [2.75, 3.05) is 0 Å². The van der Waals surface area contributed by atoms with Crippen molar-refractivity contribution >= 4 is 11.8 Å². The van der Waals surface area contributed by atoms with Gasteiger partial charge in [-0.2, -0.15) is 0 Å². The second-order valence-electron chi connectivity index (χ2n) is 8.94. The fourth-order valence-electron chi connectivity index (χ4n) is 6.82. The van der Waals surface area contributed by atoms with E-state index < -0.39 is 53.1 Å². The Morgan fingerprint density at radius 1 is 1.16 bits per heavy atom. The van der Waals surface area contributed by atoms with Crippen LogP contribution in [0.1, 0.15) is 34.1 Å². The van der Waals surface area contributed by atoms with Crippen molar-refractivity contribution < 1.29 is 29.6 Å². The number of carbonyl (C=O) groups is 2. The molecule has 0 aromatic carbocycles. The van der Waals surface area contributed by atoms with Crippen molar-refractivity contribution in [2.45, 2.75) is 58.5 Å². The Hall–Kier alpha value is -1.24. The number of hydrogen-bond donors (Lipinski definition) is 3. The Bertz CT molecular complexity index is 685. The largest absolute Gasteiger partial charge is 0.459 e. The lowest BCUT2D eigenvalue weighted by atomic mass is 9.39. The summed E-state index contributed by atoms with van der Waals surface area (Å²) in [7, 11) is 0. The van der Waals surface area contributed by atoms with E-state index in [4.69, 9.17) is 4.74 Å². The zero-order chi connectivity index (χ0) is 18.5. The van der Waals surface area contributed by atoms with E-state index in [1.165, 1.54) is 6.08 Å². The van der Waals surface area contributed by atoms with E-state index in [2.05, 4.69) is 0 Å². The summed E-state index contributed by atoms with van der Waals surface area (Å²) >= 11 is 0. The van der Waals surface area contributed by atoms with Crippen LogP contribution in [-0.4, -0.2) is 51.5 Å². The van der Waals surface area contributed by atoms with Crippen molar-refractivity contribution in [3.63, 3.8) is 0 Å². The van der Waals surface area contributed by atoms with Crippen LogP contribution in [0.25, 0.3) is 0 Å². The molecule has 0 amide bonds. The molecule has 2 saturated carbocycles. The van der Waals surface area contributed by atoms with Crippen LogP contribution in [0.5, 0.6) is 0 Å². The molecule has 1 saturated heterocycles. The van der Waals surface area contributed by atoms with Gasteiger partial charge >= 0.3 is 5.97 Å². The van der Waals surface area contributed by atoms with Gasteiger partial charge in [-0.25, -0.2) is 0 Å². The predicted octanol–water partition coefficient (Wildman–Crippen LogP) is 0.438. The normalized spacial score (nSPS) is 57.5. The molecule has 0 spiro atoms. The number of fused-ring (bicyclic) bond motifs is 6. The second-order valence-corrected chi connectivity index (χ2v) is 8.94. The van der Waals surface area contributed by atoms with Gasteiger partial charge in [-0.1, -0.05) is 26.3 Å². The molecule has 4 rings (SSSR count). The summed E-state index contributed by atoms with van der Waals surface area (Å²) in [4.78, 5) is 24.9. The topological polar surface area (TPSA) is 104 Å². The number of ketones is 1. The first-order valence-electron chi connectivity index (χ1n) is 9.03. The lowest BCUT2D eigenvalue weighted by molar-refractivity contribution is -0.243. The Balaban J connectivity index is 1.94. The minimum absolute atomic E-state index is 0.216. The molecule has 138 valence electrons. The smallest absolute Gasteiger partial charge is 0.310 e. The van der Waals surface area contributed by atoms with E-state index in [9.17, 15) is 24.9 Å². The molecule has 0 unspecified atom stereocenters. The van der Waals surface area contributed by atoms with Crippen molar-refractivity contribution in [2.24, 2.45) is 34.5 Å². The number of ether oxygens (including phenoxy) is 1. The van der Waals surface area contributed by atoms with Crippen LogP contribution in [0.15, 0.2) is 11.6 Å². The first-order valence-corrected chi connectivity index (χ1v) is 9.03. The summed E-state index contributed by atoms with van der Waals surface area (Å²) in [5.74, 6) is -2.38. The van der Waals surface area contributed by atoms with Crippen LogP contribution in [0.2, 0.25) is 0 Å². The van der Waals surface area contributed by atoms with Gasteiger partial charge in [0.1, 0.15) is 12.2 Å². The van der Waals surface area contributed by atoms with Gasteiger partial charge in [-0.05, 0) is 25.3 Å². The molecule has 0 aromatic rings. The molecule has 1 aliphatic heterocycles. The molecule has 0 radical (unpaired) electrons. The zero-order valence-electron chi connectivity index (χ0n) is 15.0. The van der Waals surface area contributed by atoms with E-state index in [1.807, 2.05) is 27.7 Å². The van der Waals surface area contributed by atoms with Gasteiger partial charge in [0, 0.05) is 22.7 Å². The SMILES string of the molecule is CC1=CC(=O)[C@H](O)[C@@]2(C)[C@@H]3[C@H](O)[C@H]4OC(=O)[C@H]([C@@H]4C)[C@@]3(C)[C@@H](O)C[C@H]12. The van der Waals surface area contributed by atoms with Crippen LogP contribution in [0, 0.1) is 34.5 Å². The van der Waals surface area contributed by atoms with E-state index in [0.717, 1.165) is 5.57 Å². The van der Waals surface area contributed by atoms with Crippen LogP contribution < -0.4 is 0 Å². The molecule has 4 aliphatic rings. The molecule has 3 N–H and O–H groups in total. The monoisotopic (exact) mass is 350 g/mol. The molecule has 3 fully saturated rings. The van der Waals surface area contributed by atoms with Crippen molar-refractivity contribution in [1.29, 1.82) is 0 Å². The molecule has 10 atom stereocenters. The van der Waals surface area contributed by atoms with Crippen LogP contribution in [-0.2, 0) is 14.3 Å². The maximum atomic E-state index is 12.5. The van der Waals surface area contributed by atoms with Crippen LogP contribution >= 0.6 is 0 Å². The van der Waals surface area contributed by atoms with E-state index in [1.54, 1.807) is 0 Å². The second kappa shape index (κ2) is 4.93. The minimum atomic E-state index is -1.27. The number of allylic oxidation sites excluding steroid dienone is 1. The molecule has 3 aliphatic carbocycles. The average Bonchev–Trinajstić information content (AvgIpc) is 2.78. The molecule has 6 heteroatoms. The molecular formula is C19H26O6. The third-order valence-corrected chi connectivity index (χ3v) is 7.94. The lowest BCUT2D eigenvalue weighted by Gasteiger charge is -2.64. The highest BCUT2D eigenvalue weighted by molar-refractivity contribution is 5.96. The van der Waals surface area contributed by atoms with E-state index in [-0.39, 0.29) is 17.6 Å². The fourth-order valence-corrected chi connectivity index (χ4v) is 6.82. The summed E-state index contributed by atoms with van der Waals surface area (Å²) in [6, 6.07) is 0. The van der Waals surface area contributed by atoms with Gasteiger partial charge in [-0.3, -0.25) is 9.59 Å². The van der Waals surface area contributed by atoms with Gasteiger partial charge in [0.15, 0.2) is 5.78 Å². The highest BCUT2D eigenvalue weighted by Gasteiger charge is 2.74. The average molecular weight is 350 g/mol. The fraction of sp³-hybridized carbons (Fsp3) is 0.789. The quantitative estimate of drug-likeness (QED) is 0.548. The molecule has 6 nitrogen and oxygen atoms in total. The Labute approximate surface area is 146 Å². The van der Waals surface area contributed by atoms with Gasteiger partial charge in [-0.15, -0.1) is 0 Å². The molecular weight excluding hydrogens is 324 g/mol. The number of rotatable bonds is 0. The number of esters is 1. The van der Waals surface area contributed by atoms with Gasteiger partial charge in [0.2, 0.25) is 0 Å². The van der Waals surface area contributed by atoms with Crippen molar-refractivity contribution in [3.05, 3.63) is 11.6 Å². The zero-order valence-corrected chi connectivity index (χ0v) is 15.0. The summed E-state index contributed by atoms with van der Waals surface area (Å²) in [6.07, 6.45) is -1.99.